The maximum absolute atomic E-state index is 5.53. The third-order valence-electron chi connectivity index (χ3n) is 2.27. The molecule has 0 unspecified atom stereocenters. The molecule has 0 atom stereocenters. The molecule has 1 aliphatic heterocycles. The SMILES string of the molecule is CC.CCN1CCOc2cc(C)cnc21. The molecule has 0 radical (unpaired) electrons. The van der Waals surface area contributed by atoms with Crippen LogP contribution in [-0.4, -0.2) is 24.7 Å². The quantitative estimate of drug-likeness (QED) is 0.709. The highest BCUT2D eigenvalue weighted by atomic mass is 16.5. The number of ether oxygens (including phenoxy) is 1. The molecule has 0 saturated carbocycles. The minimum atomic E-state index is 0.770. The summed E-state index contributed by atoms with van der Waals surface area (Å²) >= 11 is 0. The third-order valence-corrected chi connectivity index (χ3v) is 2.27. The molecule has 0 fully saturated rings. The predicted molar refractivity (Wildman–Crippen MR) is 63.7 cm³/mol. The zero-order chi connectivity index (χ0) is 11.3. The molecular weight excluding hydrogens is 188 g/mol. The number of fused-ring (bicyclic) bond motifs is 1. The van der Waals surface area contributed by atoms with Crippen LogP contribution in [0.5, 0.6) is 5.75 Å². The lowest BCUT2D eigenvalue weighted by atomic mass is 10.2. The number of aromatic nitrogens is 1. The van der Waals surface area contributed by atoms with Crippen molar-refractivity contribution < 1.29 is 4.74 Å². The molecule has 3 heteroatoms. The molecular formula is C12H20N2O. The first-order valence-electron chi connectivity index (χ1n) is 5.65. The highest BCUT2D eigenvalue weighted by molar-refractivity contribution is 5.54. The first-order chi connectivity index (χ1) is 7.31. The molecule has 0 amide bonds. The molecule has 1 aliphatic rings. The minimum Gasteiger partial charge on any atom is -0.488 e. The van der Waals surface area contributed by atoms with Gasteiger partial charge >= 0.3 is 0 Å². The lowest BCUT2D eigenvalue weighted by Crippen LogP contribution is -2.33. The van der Waals surface area contributed by atoms with Crippen molar-refractivity contribution in [2.24, 2.45) is 0 Å². The predicted octanol–water partition coefficient (Wildman–Crippen LogP) is 2.63. The van der Waals surface area contributed by atoms with Crippen molar-refractivity contribution in [2.45, 2.75) is 27.7 Å². The molecule has 0 aromatic carbocycles. The maximum atomic E-state index is 5.53. The van der Waals surface area contributed by atoms with Crippen LogP contribution in [0.15, 0.2) is 12.3 Å². The summed E-state index contributed by atoms with van der Waals surface area (Å²) in [5, 5.41) is 0. The largest absolute Gasteiger partial charge is 0.488 e. The second-order valence-electron chi connectivity index (χ2n) is 3.26. The van der Waals surface area contributed by atoms with Gasteiger partial charge in [-0.3, -0.25) is 0 Å². The van der Waals surface area contributed by atoms with Crippen LogP contribution in [0.2, 0.25) is 0 Å². The van der Waals surface area contributed by atoms with Crippen molar-refractivity contribution in [1.29, 1.82) is 0 Å². The maximum Gasteiger partial charge on any atom is 0.171 e. The first-order valence-corrected chi connectivity index (χ1v) is 5.65. The summed E-state index contributed by atoms with van der Waals surface area (Å²) in [5.74, 6) is 1.91. The normalized spacial score (nSPS) is 13.5. The molecule has 0 N–H and O–H groups in total. The fourth-order valence-corrected chi connectivity index (χ4v) is 1.56. The Morgan fingerprint density at radius 1 is 1.47 bits per heavy atom. The molecule has 0 saturated heterocycles. The third kappa shape index (κ3) is 2.61. The average molecular weight is 208 g/mol. The van der Waals surface area contributed by atoms with Gasteiger partial charge in [-0.25, -0.2) is 4.98 Å². The van der Waals surface area contributed by atoms with E-state index in [9.17, 15) is 0 Å². The van der Waals surface area contributed by atoms with E-state index in [1.54, 1.807) is 0 Å². The molecule has 2 heterocycles. The highest BCUT2D eigenvalue weighted by Gasteiger charge is 2.17. The minimum absolute atomic E-state index is 0.770. The second-order valence-corrected chi connectivity index (χ2v) is 3.26. The van der Waals surface area contributed by atoms with Gasteiger partial charge in [0.15, 0.2) is 11.6 Å². The first kappa shape index (κ1) is 11.8. The van der Waals surface area contributed by atoms with Crippen molar-refractivity contribution in [1.82, 2.24) is 4.98 Å². The standard InChI is InChI=1S/C10H14N2O.C2H6/c1-3-12-4-5-13-9-6-8(2)7-11-10(9)12;1-2/h6-7H,3-5H2,1-2H3;1-2H3. The molecule has 0 aliphatic carbocycles. The number of pyridine rings is 1. The van der Waals surface area contributed by atoms with Crippen LogP contribution in [0, 0.1) is 6.92 Å². The average Bonchev–Trinajstić information content (AvgIpc) is 2.30. The topological polar surface area (TPSA) is 25.4 Å². The van der Waals surface area contributed by atoms with Crippen LogP contribution < -0.4 is 9.64 Å². The van der Waals surface area contributed by atoms with E-state index in [2.05, 4.69) is 16.8 Å². The van der Waals surface area contributed by atoms with Gasteiger partial charge in [-0.1, -0.05) is 13.8 Å². The summed E-state index contributed by atoms with van der Waals surface area (Å²) in [5.41, 5.74) is 1.15. The highest BCUT2D eigenvalue weighted by Crippen LogP contribution is 2.29. The molecule has 1 aromatic rings. The van der Waals surface area contributed by atoms with Gasteiger partial charge in [0.2, 0.25) is 0 Å². The van der Waals surface area contributed by atoms with Gasteiger partial charge in [0, 0.05) is 12.7 Å². The van der Waals surface area contributed by atoms with Crippen LogP contribution in [0.3, 0.4) is 0 Å². The van der Waals surface area contributed by atoms with Crippen LogP contribution in [0.25, 0.3) is 0 Å². The Hall–Kier alpha value is -1.25. The van der Waals surface area contributed by atoms with Gasteiger partial charge in [0.1, 0.15) is 6.61 Å². The number of anilines is 1. The Morgan fingerprint density at radius 2 is 2.20 bits per heavy atom. The molecule has 1 aromatic heterocycles. The molecule has 2 rings (SSSR count). The van der Waals surface area contributed by atoms with Crippen LogP contribution in [0.4, 0.5) is 5.82 Å². The van der Waals surface area contributed by atoms with E-state index in [4.69, 9.17) is 4.74 Å². The summed E-state index contributed by atoms with van der Waals surface area (Å²) in [6.07, 6.45) is 1.89. The second kappa shape index (κ2) is 5.59. The van der Waals surface area contributed by atoms with Crippen LogP contribution in [0.1, 0.15) is 26.3 Å². The fraction of sp³-hybridized carbons (Fsp3) is 0.583. The fourth-order valence-electron chi connectivity index (χ4n) is 1.56. The van der Waals surface area contributed by atoms with E-state index in [-0.39, 0.29) is 0 Å². The summed E-state index contributed by atoms with van der Waals surface area (Å²) in [6.45, 7) is 10.9. The van der Waals surface area contributed by atoms with Crippen LogP contribution in [-0.2, 0) is 0 Å². The Morgan fingerprint density at radius 3 is 2.87 bits per heavy atom. The smallest absolute Gasteiger partial charge is 0.171 e. The molecule has 15 heavy (non-hydrogen) atoms. The van der Waals surface area contributed by atoms with Gasteiger partial charge in [-0.15, -0.1) is 0 Å². The zero-order valence-electron chi connectivity index (χ0n) is 10.1. The van der Waals surface area contributed by atoms with Gasteiger partial charge < -0.3 is 9.64 Å². The summed E-state index contributed by atoms with van der Waals surface area (Å²) in [6, 6.07) is 2.05. The van der Waals surface area contributed by atoms with Crippen molar-refractivity contribution in [3.8, 4) is 5.75 Å². The van der Waals surface area contributed by atoms with E-state index in [1.165, 1.54) is 0 Å². The lowest BCUT2D eigenvalue weighted by Gasteiger charge is -2.28. The lowest BCUT2D eigenvalue weighted by molar-refractivity contribution is 0.306. The Balaban J connectivity index is 0.000000531. The summed E-state index contributed by atoms with van der Waals surface area (Å²) in [7, 11) is 0. The summed E-state index contributed by atoms with van der Waals surface area (Å²) < 4.78 is 5.53. The van der Waals surface area contributed by atoms with E-state index >= 15 is 0 Å². The molecule has 84 valence electrons. The Kier molecular flexibility index (Phi) is 4.40. The van der Waals surface area contributed by atoms with E-state index in [1.807, 2.05) is 33.0 Å². The zero-order valence-corrected chi connectivity index (χ0v) is 10.1. The van der Waals surface area contributed by atoms with Crippen LogP contribution >= 0.6 is 0 Å². The molecule has 0 spiro atoms. The Bertz CT molecular complexity index is 312. The van der Waals surface area contributed by atoms with Crippen molar-refractivity contribution in [2.75, 3.05) is 24.6 Å². The van der Waals surface area contributed by atoms with E-state index < -0.39 is 0 Å². The number of hydrogen-bond acceptors (Lipinski definition) is 3. The van der Waals surface area contributed by atoms with E-state index in [0.717, 1.165) is 36.8 Å². The molecule has 0 bridgehead atoms. The van der Waals surface area contributed by atoms with Gasteiger partial charge in [-0.2, -0.15) is 0 Å². The van der Waals surface area contributed by atoms with Crippen molar-refractivity contribution in [3.63, 3.8) is 0 Å². The number of rotatable bonds is 1. The number of likely N-dealkylation sites (N-methyl/N-ethyl adjacent to an activating group) is 1. The van der Waals surface area contributed by atoms with Crippen molar-refractivity contribution in [3.05, 3.63) is 17.8 Å². The van der Waals surface area contributed by atoms with E-state index in [0.29, 0.717) is 0 Å². The number of aryl methyl sites for hydroxylation is 1. The van der Waals surface area contributed by atoms with Gasteiger partial charge in [0.25, 0.3) is 0 Å². The Labute approximate surface area is 92.1 Å². The van der Waals surface area contributed by atoms with Gasteiger partial charge in [0.05, 0.1) is 6.54 Å². The number of hydrogen-bond donors (Lipinski definition) is 0. The summed E-state index contributed by atoms with van der Waals surface area (Å²) in [4.78, 5) is 6.61. The molecule has 3 nitrogen and oxygen atoms in total. The number of nitrogens with zero attached hydrogens (tertiary/aromatic N) is 2. The monoisotopic (exact) mass is 208 g/mol. The van der Waals surface area contributed by atoms with Crippen molar-refractivity contribution >= 4 is 5.82 Å². The van der Waals surface area contributed by atoms with Gasteiger partial charge in [-0.05, 0) is 25.5 Å².